The number of carbonyl (C=O) groups is 1. The topological polar surface area (TPSA) is 109 Å². The van der Waals surface area contributed by atoms with Gasteiger partial charge in [0.2, 0.25) is 0 Å². The lowest BCUT2D eigenvalue weighted by atomic mass is 9.95. The van der Waals surface area contributed by atoms with Gasteiger partial charge in [-0.3, -0.25) is 9.59 Å². The number of anilines is 1. The van der Waals surface area contributed by atoms with E-state index in [-0.39, 0.29) is 16.1 Å². The van der Waals surface area contributed by atoms with Crippen LogP contribution in [0, 0.1) is 20.8 Å². The maximum Gasteiger partial charge on any atom is 0.260 e. The van der Waals surface area contributed by atoms with Crippen LogP contribution in [0.1, 0.15) is 52.7 Å². The van der Waals surface area contributed by atoms with E-state index in [1.54, 1.807) is 24.4 Å². The summed E-state index contributed by atoms with van der Waals surface area (Å²) < 4.78 is 6.44. The predicted molar refractivity (Wildman–Crippen MR) is 155 cm³/mol. The van der Waals surface area contributed by atoms with Gasteiger partial charge in [0.05, 0.1) is 28.3 Å². The molecule has 2 aromatic carbocycles. The van der Waals surface area contributed by atoms with Crippen molar-refractivity contribution in [2.45, 2.75) is 52.5 Å². The second-order valence-electron chi connectivity index (χ2n) is 10.1. The van der Waals surface area contributed by atoms with Gasteiger partial charge in [0.1, 0.15) is 17.9 Å². The molecule has 5 rings (SSSR count). The van der Waals surface area contributed by atoms with Gasteiger partial charge in [-0.05, 0) is 87.0 Å². The van der Waals surface area contributed by atoms with Gasteiger partial charge in [-0.1, -0.05) is 30.2 Å². The van der Waals surface area contributed by atoms with Crippen LogP contribution in [0.15, 0.2) is 47.7 Å². The molecule has 1 saturated heterocycles. The smallest absolute Gasteiger partial charge is 0.260 e. The Morgan fingerprint density at radius 3 is 2.64 bits per heavy atom. The normalized spacial score (nSPS) is 15.3. The number of hydrogen-bond acceptors (Lipinski definition) is 6. The van der Waals surface area contributed by atoms with Crippen molar-refractivity contribution in [2.75, 3.05) is 18.5 Å². The second-order valence-corrected chi connectivity index (χ2v) is 10.5. The van der Waals surface area contributed by atoms with Crippen molar-refractivity contribution >= 4 is 34.2 Å². The molecule has 0 spiro atoms. The zero-order valence-corrected chi connectivity index (χ0v) is 23.1. The number of amides is 1. The Kier molecular flexibility index (Phi) is 7.95. The number of aromatic nitrogens is 3. The lowest BCUT2D eigenvalue weighted by Gasteiger charge is -2.24. The number of aryl methyl sites for hydroxylation is 2. The number of aromatic amines is 1. The molecule has 0 aliphatic carbocycles. The van der Waals surface area contributed by atoms with E-state index in [0.29, 0.717) is 40.7 Å². The van der Waals surface area contributed by atoms with Crippen LogP contribution < -0.4 is 20.9 Å². The molecule has 0 radical (unpaired) electrons. The summed E-state index contributed by atoms with van der Waals surface area (Å²) in [6.45, 7) is 7.57. The molecular weight excluding hydrogens is 514 g/mol. The number of pyridine rings is 1. The summed E-state index contributed by atoms with van der Waals surface area (Å²) in [5.74, 6) is 0.378. The van der Waals surface area contributed by atoms with Crippen LogP contribution in [-0.2, 0) is 0 Å². The van der Waals surface area contributed by atoms with Crippen molar-refractivity contribution in [1.82, 2.24) is 20.3 Å². The van der Waals surface area contributed by atoms with Gasteiger partial charge in [-0.2, -0.15) is 0 Å². The molecule has 1 aliphatic heterocycles. The van der Waals surface area contributed by atoms with Crippen LogP contribution in [-0.4, -0.2) is 40.1 Å². The molecule has 3 N–H and O–H groups in total. The number of piperidine rings is 1. The number of carbonyl (C=O) groups excluding carboxylic acids is 1. The van der Waals surface area contributed by atoms with Crippen LogP contribution in [0.3, 0.4) is 0 Å². The Morgan fingerprint density at radius 1 is 1.15 bits per heavy atom. The van der Waals surface area contributed by atoms with Gasteiger partial charge in [-0.15, -0.1) is 0 Å². The number of rotatable bonds is 7. The molecular formula is C30H32ClN5O3. The molecule has 9 heteroatoms. The molecule has 1 aliphatic rings. The van der Waals surface area contributed by atoms with Gasteiger partial charge in [-0.25, -0.2) is 9.97 Å². The number of benzene rings is 2. The highest BCUT2D eigenvalue weighted by Crippen LogP contribution is 2.37. The quantitative estimate of drug-likeness (QED) is 0.274. The molecule has 8 nitrogen and oxygen atoms in total. The maximum atomic E-state index is 13.5. The average molecular weight is 546 g/mol. The number of ether oxygens (including phenoxy) is 1. The van der Waals surface area contributed by atoms with Crippen molar-refractivity contribution in [3.05, 3.63) is 80.5 Å². The Balaban J connectivity index is 1.61. The van der Waals surface area contributed by atoms with Crippen molar-refractivity contribution in [1.29, 1.82) is 0 Å². The number of halogens is 1. The van der Waals surface area contributed by atoms with E-state index in [2.05, 4.69) is 32.5 Å². The Bertz CT molecular complexity index is 1560. The van der Waals surface area contributed by atoms with Crippen molar-refractivity contribution < 1.29 is 9.53 Å². The largest absolute Gasteiger partial charge is 0.492 e. The van der Waals surface area contributed by atoms with Crippen molar-refractivity contribution in [3.8, 4) is 16.9 Å². The Hall–Kier alpha value is -3.75. The van der Waals surface area contributed by atoms with Crippen molar-refractivity contribution in [2.24, 2.45) is 0 Å². The van der Waals surface area contributed by atoms with Crippen LogP contribution >= 0.6 is 11.6 Å². The molecule has 0 saturated carbocycles. The zero-order valence-electron chi connectivity index (χ0n) is 22.4. The first-order chi connectivity index (χ1) is 18.8. The summed E-state index contributed by atoms with van der Waals surface area (Å²) in [5.41, 5.74) is 5.03. The number of fused-ring (bicyclic) bond motifs is 1. The first kappa shape index (κ1) is 26.8. The Morgan fingerprint density at radius 2 is 1.95 bits per heavy atom. The van der Waals surface area contributed by atoms with Gasteiger partial charge in [0.15, 0.2) is 0 Å². The molecule has 0 unspecified atom stereocenters. The van der Waals surface area contributed by atoms with Crippen LogP contribution in [0.4, 0.5) is 5.82 Å². The van der Waals surface area contributed by atoms with E-state index in [9.17, 15) is 9.59 Å². The number of hydrogen-bond donors (Lipinski definition) is 3. The number of H-pyrrole nitrogens is 1. The van der Waals surface area contributed by atoms with E-state index in [1.807, 2.05) is 26.0 Å². The zero-order chi connectivity index (χ0) is 27.5. The van der Waals surface area contributed by atoms with Gasteiger partial charge < -0.3 is 20.4 Å². The van der Waals surface area contributed by atoms with E-state index in [1.165, 1.54) is 24.7 Å². The first-order valence-corrected chi connectivity index (χ1v) is 13.6. The summed E-state index contributed by atoms with van der Waals surface area (Å²) in [6, 6.07) is 9.26. The van der Waals surface area contributed by atoms with Crippen LogP contribution in [0.5, 0.6) is 5.75 Å². The third kappa shape index (κ3) is 5.82. The van der Waals surface area contributed by atoms with E-state index >= 15 is 0 Å². The third-order valence-corrected chi connectivity index (χ3v) is 7.78. The summed E-state index contributed by atoms with van der Waals surface area (Å²) in [4.78, 5) is 37.6. The lowest BCUT2D eigenvalue weighted by molar-refractivity contribution is 0.102. The summed E-state index contributed by atoms with van der Waals surface area (Å²) in [6.07, 6.45) is 7.20. The van der Waals surface area contributed by atoms with Gasteiger partial charge in [0.25, 0.3) is 11.5 Å². The molecule has 1 amide bonds. The highest BCUT2D eigenvalue weighted by Gasteiger charge is 2.22. The fraction of sp³-hybridized carbons (Fsp3) is 0.333. The highest BCUT2D eigenvalue weighted by molar-refractivity contribution is 6.35. The third-order valence-electron chi connectivity index (χ3n) is 7.46. The SMILES string of the molecule is Cc1cc(-c2c(OCC[C@@H]3CCCCN3)c3cc(C(=O)Nc4ccncn4)c(Cl)cc3[nH]c2=O)cc(C)c1C. The molecule has 0 bridgehead atoms. The van der Waals surface area contributed by atoms with Gasteiger partial charge in [0, 0.05) is 17.6 Å². The summed E-state index contributed by atoms with van der Waals surface area (Å²) >= 11 is 6.53. The van der Waals surface area contributed by atoms with E-state index < -0.39 is 5.91 Å². The minimum Gasteiger partial charge on any atom is -0.492 e. The number of nitrogens with one attached hydrogen (secondary N) is 3. The van der Waals surface area contributed by atoms with E-state index in [4.69, 9.17) is 16.3 Å². The fourth-order valence-corrected chi connectivity index (χ4v) is 5.32. The lowest BCUT2D eigenvalue weighted by Crippen LogP contribution is -2.35. The van der Waals surface area contributed by atoms with E-state index in [0.717, 1.165) is 36.1 Å². The summed E-state index contributed by atoms with van der Waals surface area (Å²) in [5, 5.41) is 7.11. The molecule has 4 aromatic rings. The van der Waals surface area contributed by atoms with Crippen LogP contribution in [0.25, 0.3) is 22.0 Å². The minimum absolute atomic E-state index is 0.205. The second kappa shape index (κ2) is 11.6. The summed E-state index contributed by atoms with van der Waals surface area (Å²) in [7, 11) is 0. The molecule has 39 heavy (non-hydrogen) atoms. The molecule has 1 fully saturated rings. The molecule has 3 heterocycles. The standard InChI is InChI=1S/C30H32ClN5O3/c1-17-12-20(13-18(2)19(17)3)27-28(39-11-8-21-6-4-5-9-33-21)23-14-22(24(31)15-25(23)35-30(27)38)29(37)36-26-7-10-32-16-34-26/h7,10,12-16,21,33H,4-6,8-9,11H2,1-3H3,(H,35,38)(H,32,34,36,37)/t21-/m0/s1. The average Bonchev–Trinajstić information content (AvgIpc) is 2.92. The molecule has 1 atom stereocenters. The minimum atomic E-state index is -0.423. The van der Waals surface area contributed by atoms with Crippen LogP contribution in [0.2, 0.25) is 5.02 Å². The fourth-order valence-electron chi connectivity index (χ4n) is 5.08. The van der Waals surface area contributed by atoms with Gasteiger partial charge >= 0.3 is 0 Å². The number of nitrogens with zero attached hydrogens (tertiary/aromatic N) is 2. The van der Waals surface area contributed by atoms with Crippen molar-refractivity contribution in [3.63, 3.8) is 0 Å². The highest BCUT2D eigenvalue weighted by atomic mass is 35.5. The first-order valence-electron chi connectivity index (χ1n) is 13.2. The molecule has 2 aromatic heterocycles. The molecule has 202 valence electrons. The monoisotopic (exact) mass is 545 g/mol. The Labute approximate surface area is 232 Å². The maximum absolute atomic E-state index is 13.5. The predicted octanol–water partition coefficient (Wildman–Crippen LogP) is 5.73.